The first-order valence-electron chi connectivity index (χ1n) is 5.60. The molecule has 0 radical (unpaired) electrons. The van der Waals surface area contributed by atoms with Crippen molar-refractivity contribution in [1.82, 2.24) is 4.98 Å². The predicted molar refractivity (Wildman–Crippen MR) is 84.7 cm³/mol. The SMILES string of the molecule is Cc1cnc(C(C)Nc2ccc(I)cc2[N+](=O)[O-])s1. The Balaban J connectivity index is 2.26. The van der Waals surface area contributed by atoms with Gasteiger partial charge >= 0.3 is 0 Å². The first-order valence-corrected chi connectivity index (χ1v) is 7.49. The summed E-state index contributed by atoms with van der Waals surface area (Å²) in [6.45, 7) is 3.93. The summed E-state index contributed by atoms with van der Waals surface area (Å²) in [4.78, 5) is 16.1. The van der Waals surface area contributed by atoms with E-state index in [1.165, 1.54) is 0 Å². The first-order chi connectivity index (χ1) is 8.97. The van der Waals surface area contributed by atoms with Crippen LogP contribution in [-0.2, 0) is 0 Å². The lowest BCUT2D eigenvalue weighted by atomic mass is 10.2. The molecule has 2 rings (SSSR count). The highest BCUT2D eigenvalue weighted by molar-refractivity contribution is 14.1. The van der Waals surface area contributed by atoms with Crippen LogP contribution in [0.4, 0.5) is 11.4 Å². The van der Waals surface area contributed by atoms with E-state index in [9.17, 15) is 10.1 Å². The van der Waals surface area contributed by atoms with E-state index in [-0.39, 0.29) is 16.7 Å². The van der Waals surface area contributed by atoms with Crippen molar-refractivity contribution in [3.05, 3.63) is 48.0 Å². The molecule has 0 amide bonds. The summed E-state index contributed by atoms with van der Waals surface area (Å²) in [5.41, 5.74) is 0.609. The van der Waals surface area contributed by atoms with Gasteiger partial charge in [-0.25, -0.2) is 4.98 Å². The van der Waals surface area contributed by atoms with Crippen LogP contribution in [0.2, 0.25) is 0 Å². The van der Waals surface area contributed by atoms with Gasteiger partial charge in [0.2, 0.25) is 0 Å². The third kappa shape index (κ3) is 3.41. The van der Waals surface area contributed by atoms with Gasteiger partial charge in [0.15, 0.2) is 0 Å². The second-order valence-electron chi connectivity index (χ2n) is 4.09. The third-order valence-corrected chi connectivity index (χ3v) is 4.30. The number of hydrogen-bond acceptors (Lipinski definition) is 5. The minimum atomic E-state index is -0.371. The van der Waals surface area contributed by atoms with Crippen LogP contribution in [0.3, 0.4) is 0 Å². The smallest absolute Gasteiger partial charge is 0.293 e. The van der Waals surface area contributed by atoms with Crippen LogP contribution in [0.1, 0.15) is 22.9 Å². The Hall–Kier alpha value is -1.22. The van der Waals surface area contributed by atoms with E-state index in [1.54, 1.807) is 29.7 Å². The Morgan fingerprint density at radius 2 is 2.26 bits per heavy atom. The normalized spacial score (nSPS) is 12.2. The van der Waals surface area contributed by atoms with E-state index in [2.05, 4.69) is 32.9 Å². The summed E-state index contributed by atoms with van der Waals surface area (Å²) in [6, 6.07) is 5.08. The quantitative estimate of drug-likeness (QED) is 0.485. The summed E-state index contributed by atoms with van der Waals surface area (Å²) in [7, 11) is 0. The average molecular weight is 389 g/mol. The van der Waals surface area contributed by atoms with Gasteiger partial charge < -0.3 is 5.32 Å². The number of aryl methyl sites for hydroxylation is 1. The van der Waals surface area contributed by atoms with Gasteiger partial charge in [0.25, 0.3) is 5.69 Å². The zero-order valence-electron chi connectivity index (χ0n) is 10.4. The van der Waals surface area contributed by atoms with Crippen LogP contribution in [0.25, 0.3) is 0 Å². The van der Waals surface area contributed by atoms with Crippen LogP contribution < -0.4 is 5.32 Å². The fourth-order valence-corrected chi connectivity index (χ4v) is 2.90. The zero-order valence-corrected chi connectivity index (χ0v) is 13.4. The number of anilines is 1. The Labute approximate surface area is 128 Å². The fraction of sp³-hybridized carbons (Fsp3) is 0.250. The third-order valence-electron chi connectivity index (χ3n) is 2.54. The number of thiazole rings is 1. The number of benzene rings is 1. The Bertz CT molecular complexity index is 615. The molecule has 1 atom stereocenters. The second-order valence-corrected chi connectivity index (χ2v) is 6.61. The van der Waals surface area contributed by atoms with Gasteiger partial charge in [0, 0.05) is 20.7 Å². The maximum atomic E-state index is 11.0. The Morgan fingerprint density at radius 3 is 2.84 bits per heavy atom. The number of nitro benzene ring substituents is 1. The largest absolute Gasteiger partial charge is 0.371 e. The van der Waals surface area contributed by atoms with E-state index in [1.807, 2.05) is 19.9 Å². The molecule has 19 heavy (non-hydrogen) atoms. The van der Waals surface area contributed by atoms with Crippen molar-refractivity contribution >= 4 is 45.3 Å². The molecule has 5 nitrogen and oxygen atoms in total. The maximum Gasteiger partial charge on any atom is 0.293 e. The van der Waals surface area contributed by atoms with Gasteiger partial charge in [-0.2, -0.15) is 0 Å². The highest BCUT2D eigenvalue weighted by Gasteiger charge is 2.17. The van der Waals surface area contributed by atoms with Crippen molar-refractivity contribution in [2.24, 2.45) is 0 Å². The molecule has 100 valence electrons. The van der Waals surface area contributed by atoms with Crippen molar-refractivity contribution in [1.29, 1.82) is 0 Å². The maximum absolute atomic E-state index is 11.0. The van der Waals surface area contributed by atoms with Crippen LogP contribution in [0, 0.1) is 20.6 Å². The predicted octanol–water partition coefficient (Wildman–Crippen LogP) is 4.14. The molecule has 0 aliphatic rings. The molecule has 1 aromatic heterocycles. The topological polar surface area (TPSA) is 68.1 Å². The summed E-state index contributed by atoms with van der Waals surface area (Å²) in [6.07, 6.45) is 1.81. The van der Waals surface area contributed by atoms with E-state index >= 15 is 0 Å². The van der Waals surface area contributed by atoms with Crippen LogP contribution in [0.15, 0.2) is 24.4 Å². The summed E-state index contributed by atoms with van der Waals surface area (Å²) in [5.74, 6) is 0. The van der Waals surface area contributed by atoms with Gasteiger partial charge in [0.05, 0.1) is 11.0 Å². The van der Waals surface area contributed by atoms with Gasteiger partial charge in [-0.1, -0.05) is 0 Å². The van der Waals surface area contributed by atoms with Crippen LogP contribution in [-0.4, -0.2) is 9.91 Å². The number of hydrogen-bond donors (Lipinski definition) is 1. The molecule has 7 heteroatoms. The molecule has 2 aromatic rings. The molecule has 1 aromatic carbocycles. The van der Waals surface area contributed by atoms with Crippen molar-refractivity contribution < 1.29 is 4.92 Å². The number of rotatable bonds is 4. The molecule has 0 aliphatic carbocycles. The van der Waals surface area contributed by atoms with Crippen molar-refractivity contribution in [3.63, 3.8) is 0 Å². The average Bonchev–Trinajstić information content (AvgIpc) is 2.78. The van der Waals surface area contributed by atoms with Gasteiger partial charge in [-0.15, -0.1) is 11.3 Å². The molecule has 0 saturated heterocycles. The fourth-order valence-electron chi connectivity index (χ4n) is 1.65. The lowest BCUT2D eigenvalue weighted by Gasteiger charge is -2.13. The molecule has 0 saturated carbocycles. The molecule has 1 unspecified atom stereocenters. The van der Waals surface area contributed by atoms with Gasteiger partial charge in [-0.05, 0) is 48.6 Å². The minimum absolute atomic E-state index is 0.0579. The molecule has 0 fully saturated rings. The van der Waals surface area contributed by atoms with Crippen LogP contribution in [0.5, 0.6) is 0 Å². The monoisotopic (exact) mass is 389 g/mol. The summed E-state index contributed by atoms with van der Waals surface area (Å²) >= 11 is 3.65. The summed E-state index contributed by atoms with van der Waals surface area (Å²) < 4.78 is 0.840. The lowest BCUT2D eigenvalue weighted by molar-refractivity contribution is -0.384. The van der Waals surface area contributed by atoms with Crippen molar-refractivity contribution in [3.8, 4) is 0 Å². The number of halogens is 1. The molecule has 0 bridgehead atoms. The molecular formula is C12H12IN3O2S. The van der Waals surface area contributed by atoms with Gasteiger partial charge in [0.1, 0.15) is 10.7 Å². The van der Waals surface area contributed by atoms with E-state index in [4.69, 9.17) is 0 Å². The molecule has 0 spiro atoms. The van der Waals surface area contributed by atoms with E-state index in [0.717, 1.165) is 13.5 Å². The van der Waals surface area contributed by atoms with Crippen LogP contribution >= 0.6 is 33.9 Å². The number of nitrogens with one attached hydrogen (secondary N) is 1. The van der Waals surface area contributed by atoms with Gasteiger partial charge in [-0.3, -0.25) is 10.1 Å². The zero-order chi connectivity index (χ0) is 14.0. The molecule has 1 heterocycles. The second kappa shape index (κ2) is 5.83. The summed E-state index contributed by atoms with van der Waals surface area (Å²) in [5, 5.41) is 15.1. The Morgan fingerprint density at radius 1 is 1.53 bits per heavy atom. The lowest BCUT2D eigenvalue weighted by Crippen LogP contribution is -2.08. The van der Waals surface area contributed by atoms with Crippen molar-refractivity contribution in [2.45, 2.75) is 19.9 Å². The van der Waals surface area contributed by atoms with Crippen molar-refractivity contribution in [2.75, 3.05) is 5.32 Å². The highest BCUT2D eigenvalue weighted by atomic mass is 127. The molecular weight excluding hydrogens is 377 g/mol. The number of nitro groups is 1. The van der Waals surface area contributed by atoms with E-state index in [0.29, 0.717) is 5.69 Å². The highest BCUT2D eigenvalue weighted by Crippen LogP contribution is 2.30. The molecule has 0 aliphatic heterocycles. The number of nitrogens with zero attached hydrogens (tertiary/aromatic N) is 2. The Kier molecular flexibility index (Phi) is 4.35. The molecule has 1 N–H and O–H groups in total. The number of aromatic nitrogens is 1. The standard InChI is InChI=1S/C12H12IN3O2S/c1-7-6-14-12(19-7)8(2)15-10-4-3-9(13)5-11(10)16(17)18/h3-6,8,15H,1-2H3. The van der Waals surface area contributed by atoms with E-state index < -0.39 is 0 Å². The first kappa shape index (κ1) is 14.2. The minimum Gasteiger partial charge on any atom is -0.371 e.